The number of rotatable bonds is 4. The minimum atomic E-state index is -0.429. The van der Waals surface area contributed by atoms with Crippen LogP contribution >= 0.6 is 11.6 Å². The molecule has 2 heterocycles. The fourth-order valence-corrected chi connectivity index (χ4v) is 4.75. The summed E-state index contributed by atoms with van der Waals surface area (Å²) in [4.78, 5) is 32.2. The van der Waals surface area contributed by atoms with Gasteiger partial charge in [0.2, 0.25) is 5.91 Å². The maximum atomic E-state index is 13.3. The Morgan fingerprint density at radius 2 is 1.93 bits per heavy atom. The molecule has 2 aromatic rings. The van der Waals surface area contributed by atoms with Gasteiger partial charge in [0, 0.05) is 35.6 Å². The lowest BCUT2D eigenvalue weighted by Gasteiger charge is -2.33. The molecule has 0 spiro atoms. The van der Waals surface area contributed by atoms with Crippen molar-refractivity contribution in [2.45, 2.75) is 50.7 Å². The standard InChI is InChI=1S/C22H24ClN3O2/c23-18-6-3-5-17(12-18)22(28)26-19-7-2-1-4-16(19)13-20(26)21(27)25-14-15-8-10-24-11-9-15/h3,5-6,8-12,16,19-20H,1-2,4,7,13-14H2,(H,25,27). The van der Waals surface area contributed by atoms with E-state index in [0.29, 0.717) is 23.0 Å². The Hall–Kier alpha value is -2.40. The van der Waals surface area contributed by atoms with Crippen molar-refractivity contribution in [1.82, 2.24) is 15.2 Å². The van der Waals surface area contributed by atoms with E-state index >= 15 is 0 Å². The lowest BCUT2D eigenvalue weighted by Crippen LogP contribution is -2.49. The van der Waals surface area contributed by atoms with Crippen molar-refractivity contribution in [1.29, 1.82) is 0 Å². The van der Waals surface area contributed by atoms with Gasteiger partial charge >= 0.3 is 0 Å². The Kier molecular flexibility index (Phi) is 5.62. The molecule has 28 heavy (non-hydrogen) atoms. The molecule has 0 radical (unpaired) electrons. The Morgan fingerprint density at radius 1 is 1.14 bits per heavy atom. The monoisotopic (exact) mass is 397 g/mol. The highest BCUT2D eigenvalue weighted by atomic mass is 35.5. The number of halogens is 1. The van der Waals surface area contributed by atoms with E-state index in [1.807, 2.05) is 17.0 Å². The third kappa shape index (κ3) is 3.90. The number of pyridine rings is 1. The van der Waals surface area contributed by atoms with Crippen LogP contribution in [0, 0.1) is 5.92 Å². The molecule has 1 aromatic heterocycles. The van der Waals surface area contributed by atoms with E-state index in [9.17, 15) is 9.59 Å². The van der Waals surface area contributed by atoms with Crippen molar-refractivity contribution in [2.24, 2.45) is 5.92 Å². The van der Waals surface area contributed by atoms with Crippen molar-refractivity contribution in [3.05, 3.63) is 64.9 Å². The summed E-state index contributed by atoms with van der Waals surface area (Å²) in [5, 5.41) is 3.54. The van der Waals surface area contributed by atoms with Crippen LogP contribution in [0.5, 0.6) is 0 Å². The maximum Gasteiger partial charge on any atom is 0.254 e. The first kappa shape index (κ1) is 18.9. The quantitative estimate of drug-likeness (QED) is 0.852. The van der Waals surface area contributed by atoms with E-state index in [2.05, 4.69) is 10.3 Å². The molecule has 2 aliphatic rings. The Morgan fingerprint density at radius 3 is 2.71 bits per heavy atom. The lowest BCUT2D eigenvalue weighted by atomic mass is 9.84. The molecule has 1 aliphatic heterocycles. The Labute approximate surface area is 170 Å². The average molecular weight is 398 g/mol. The van der Waals surface area contributed by atoms with Gasteiger partial charge in [0.25, 0.3) is 5.91 Å². The van der Waals surface area contributed by atoms with Crippen LogP contribution < -0.4 is 5.32 Å². The zero-order chi connectivity index (χ0) is 19.5. The number of nitrogens with one attached hydrogen (secondary N) is 1. The highest BCUT2D eigenvalue weighted by Gasteiger charge is 2.47. The fraction of sp³-hybridized carbons (Fsp3) is 0.409. The largest absolute Gasteiger partial charge is 0.350 e. The number of carbonyl (C=O) groups is 2. The Bertz CT molecular complexity index is 858. The molecular weight excluding hydrogens is 374 g/mol. The summed E-state index contributed by atoms with van der Waals surface area (Å²) >= 11 is 6.09. The summed E-state index contributed by atoms with van der Waals surface area (Å²) in [6.45, 7) is 0.437. The van der Waals surface area contributed by atoms with Gasteiger partial charge in [-0.2, -0.15) is 0 Å². The normalized spacial score (nSPS) is 23.9. The topological polar surface area (TPSA) is 62.3 Å². The van der Waals surface area contributed by atoms with Gasteiger partial charge < -0.3 is 10.2 Å². The second kappa shape index (κ2) is 8.31. The van der Waals surface area contributed by atoms with Gasteiger partial charge in [-0.1, -0.05) is 30.5 Å². The first-order chi connectivity index (χ1) is 13.6. The molecule has 1 aliphatic carbocycles. The molecule has 3 unspecified atom stereocenters. The highest BCUT2D eigenvalue weighted by molar-refractivity contribution is 6.31. The van der Waals surface area contributed by atoms with Gasteiger partial charge in [-0.15, -0.1) is 0 Å². The van der Waals surface area contributed by atoms with E-state index in [0.717, 1.165) is 31.2 Å². The summed E-state index contributed by atoms with van der Waals surface area (Å²) < 4.78 is 0. The van der Waals surface area contributed by atoms with Crippen molar-refractivity contribution >= 4 is 23.4 Å². The summed E-state index contributed by atoms with van der Waals surface area (Å²) in [7, 11) is 0. The van der Waals surface area contributed by atoms with Crippen molar-refractivity contribution in [3.8, 4) is 0 Å². The number of hydrogen-bond acceptors (Lipinski definition) is 3. The molecule has 1 saturated carbocycles. The summed E-state index contributed by atoms with van der Waals surface area (Å²) in [6, 6.07) is 10.5. The van der Waals surface area contributed by atoms with Crippen LogP contribution in [0.4, 0.5) is 0 Å². The molecule has 0 bridgehead atoms. The lowest BCUT2D eigenvalue weighted by molar-refractivity contribution is -0.125. The number of hydrogen-bond donors (Lipinski definition) is 1. The van der Waals surface area contributed by atoms with Crippen LogP contribution in [0.2, 0.25) is 5.02 Å². The van der Waals surface area contributed by atoms with Crippen molar-refractivity contribution < 1.29 is 9.59 Å². The Balaban J connectivity index is 1.55. The molecule has 1 saturated heterocycles. The summed E-state index contributed by atoms with van der Waals surface area (Å²) in [6.07, 6.45) is 8.47. The van der Waals surface area contributed by atoms with E-state index in [4.69, 9.17) is 11.6 Å². The van der Waals surface area contributed by atoms with Gasteiger partial charge in [0.15, 0.2) is 0 Å². The number of amides is 2. The molecular formula is C22H24ClN3O2. The number of benzene rings is 1. The first-order valence-electron chi connectivity index (χ1n) is 9.88. The van der Waals surface area contributed by atoms with E-state index in [1.54, 1.807) is 36.7 Å². The molecule has 2 amide bonds. The zero-order valence-corrected chi connectivity index (χ0v) is 16.4. The molecule has 5 nitrogen and oxygen atoms in total. The molecule has 1 aromatic carbocycles. The SMILES string of the molecule is O=C(NCc1ccncc1)C1CC2CCCCC2N1C(=O)c1cccc(Cl)c1. The van der Waals surface area contributed by atoms with Crippen LogP contribution in [-0.4, -0.2) is 33.8 Å². The van der Waals surface area contributed by atoms with Crippen LogP contribution in [-0.2, 0) is 11.3 Å². The molecule has 3 atom stereocenters. The zero-order valence-electron chi connectivity index (χ0n) is 15.7. The van der Waals surface area contributed by atoms with Crippen LogP contribution in [0.1, 0.15) is 48.0 Å². The predicted molar refractivity (Wildman–Crippen MR) is 108 cm³/mol. The predicted octanol–water partition coefficient (Wildman–Crippen LogP) is 3.82. The van der Waals surface area contributed by atoms with Gasteiger partial charge in [-0.05, 0) is 61.1 Å². The van der Waals surface area contributed by atoms with Crippen LogP contribution in [0.25, 0.3) is 0 Å². The van der Waals surface area contributed by atoms with Gasteiger partial charge in [0.1, 0.15) is 6.04 Å². The third-order valence-corrected chi connectivity index (χ3v) is 6.15. The summed E-state index contributed by atoms with van der Waals surface area (Å²) in [5.41, 5.74) is 1.54. The average Bonchev–Trinajstić information content (AvgIpc) is 3.12. The number of fused-ring (bicyclic) bond motifs is 1. The van der Waals surface area contributed by atoms with E-state index in [1.165, 1.54) is 6.42 Å². The maximum absolute atomic E-state index is 13.3. The van der Waals surface area contributed by atoms with Gasteiger partial charge in [-0.3, -0.25) is 14.6 Å². The summed E-state index contributed by atoms with van der Waals surface area (Å²) in [5.74, 6) is 0.219. The van der Waals surface area contributed by atoms with Crippen molar-refractivity contribution in [3.63, 3.8) is 0 Å². The molecule has 6 heteroatoms. The third-order valence-electron chi connectivity index (χ3n) is 5.91. The molecule has 146 valence electrons. The minimum Gasteiger partial charge on any atom is -0.350 e. The second-order valence-electron chi connectivity index (χ2n) is 7.66. The van der Waals surface area contributed by atoms with Crippen LogP contribution in [0.15, 0.2) is 48.8 Å². The first-order valence-corrected chi connectivity index (χ1v) is 10.3. The minimum absolute atomic E-state index is 0.0819. The number of nitrogens with zero attached hydrogens (tertiary/aromatic N) is 2. The molecule has 2 fully saturated rings. The number of likely N-dealkylation sites (tertiary alicyclic amines) is 1. The van der Waals surface area contributed by atoms with E-state index < -0.39 is 6.04 Å². The molecule has 1 N–H and O–H groups in total. The van der Waals surface area contributed by atoms with Crippen molar-refractivity contribution in [2.75, 3.05) is 0 Å². The smallest absolute Gasteiger partial charge is 0.254 e. The second-order valence-corrected chi connectivity index (χ2v) is 8.10. The number of aromatic nitrogens is 1. The number of carbonyl (C=O) groups excluding carboxylic acids is 2. The van der Waals surface area contributed by atoms with E-state index in [-0.39, 0.29) is 17.9 Å². The molecule has 4 rings (SSSR count). The van der Waals surface area contributed by atoms with Gasteiger partial charge in [0.05, 0.1) is 0 Å². The fourth-order valence-electron chi connectivity index (χ4n) is 4.56. The highest BCUT2D eigenvalue weighted by Crippen LogP contribution is 2.40. The van der Waals surface area contributed by atoms with Crippen LogP contribution in [0.3, 0.4) is 0 Å². The van der Waals surface area contributed by atoms with Gasteiger partial charge in [-0.25, -0.2) is 0 Å².